The van der Waals surface area contributed by atoms with Crippen molar-refractivity contribution >= 4 is 38.9 Å². The molecule has 1 fully saturated rings. The number of fused-ring (bicyclic) bond motifs is 1. The predicted molar refractivity (Wildman–Crippen MR) is 118 cm³/mol. The summed E-state index contributed by atoms with van der Waals surface area (Å²) < 4.78 is 31.4. The van der Waals surface area contributed by atoms with E-state index >= 15 is 0 Å². The van der Waals surface area contributed by atoms with Crippen molar-refractivity contribution in [2.24, 2.45) is 0 Å². The Hall–Kier alpha value is -2.45. The highest BCUT2D eigenvalue weighted by Crippen LogP contribution is 2.37. The third-order valence-electron chi connectivity index (χ3n) is 5.36. The fourth-order valence-electron chi connectivity index (χ4n) is 3.78. The van der Waals surface area contributed by atoms with Crippen molar-refractivity contribution < 1.29 is 17.9 Å². The molecule has 9 heteroatoms. The standard InChI is InChI=1S/C21H24ClN3O4S/c1-30(27,28)25-14-20(29-19-9-6-16(22)12-18(19)25)21(26)23-13-15-4-7-17(8-5-15)24-10-2-3-11-24/h4-9,12,20H,2-3,10-11,13-14H2,1H3,(H,23,26)/t20-/m1/s1. The van der Waals surface area contributed by atoms with Gasteiger partial charge in [0.25, 0.3) is 5.91 Å². The molecule has 2 aromatic carbocycles. The smallest absolute Gasteiger partial charge is 0.263 e. The summed E-state index contributed by atoms with van der Waals surface area (Å²) in [5.74, 6) is -0.0564. The van der Waals surface area contributed by atoms with E-state index in [0.29, 0.717) is 23.0 Å². The second-order valence-electron chi connectivity index (χ2n) is 7.59. The maximum atomic E-state index is 12.7. The third-order valence-corrected chi connectivity index (χ3v) is 6.74. The minimum Gasteiger partial charge on any atom is -0.476 e. The first-order chi connectivity index (χ1) is 14.3. The van der Waals surface area contributed by atoms with Gasteiger partial charge in [0.05, 0.1) is 18.5 Å². The first-order valence-electron chi connectivity index (χ1n) is 9.87. The topological polar surface area (TPSA) is 79.0 Å². The van der Waals surface area contributed by atoms with E-state index in [0.717, 1.165) is 29.2 Å². The van der Waals surface area contributed by atoms with Gasteiger partial charge in [-0.15, -0.1) is 0 Å². The van der Waals surface area contributed by atoms with Gasteiger partial charge in [0.15, 0.2) is 6.10 Å². The normalized spacial score (nSPS) is 18.7. The molecule has 0 aliphatic carbocycles. The van der Waals surface area contributed by atoms with Crippen molar-refractivity contribution in [1.29, 1.82) is 0 Å². The lowest BCUT2D eigenvalue weighted by Crippen LogP contribution is -2.50. The van der Waals surface area contributed by atoms with Crippen LogP contribution in [-0.2, 0) is 21.4 Å². The molecule has 0 aromatic heterocycles. The highest BCUT2D eigenvalue weighted by Gasteiger charge is 2.35. The van der Waals surface area contributed by atoms with Gasteiger partial charge in [0, 0.05) is 30.3 Å². The van der Waals surface area contributed by atoms with Gasteiger partial charge in [-0.05, 0) is 48.7 Å². The van der Waals surface area contributed by atoms with Gasteiger partial charge in [-0.25, -0.2) is 8.42 Å². The molecule has 2 aliphatic heterocycles. The van der Waals surface area contributed by atoms with Gasteiger partial charge in [-0.2, -0.15) is 0 Å². The van der Waals surface area contributed by atoms with Gasteiger partial charge in [-0.3, -0.25) is 9.10 Å². The summed E-state index contributed by atoms with van der Waals surface area (Å²) in [7, 11) is -3.59. The van der Waals surface area contributed by atoms with Crippen LogP contribution in [-0.4, -0.2) is 46.3 Å². The van der Waals surface area contributed by atoms with Crippen molar-refractivity contribution in [2.45, 2.75) is 25.5 Å². The summed E-state index contributed by atoms with van der Waals surface area (Å²) in [6.45, 7) is 2.40. The molecule has 1 saturated heterocycles. The largest absolute Gasteiger partial charge is 0.476 e. The van der Waals surface area contributed by atoms with E-state index in [9.17, 15) is 13.2 Å². The fraction of sp³-hybridized carbons (Fsp3) is 0.381. The van der Waals surface area contributed by atoms with Gasteiger partial charge in [0.2, 0.25) is 10.0 Å². The zero-order valence-corrected chi connectivity index (χ0v) is 18.2. The first-order valence-corrected chi connectivity index (χ1v) is 12.1. The monoisotopic (exact) mass is 449 g/mol. The van der Waals surface area contributed by atoms with E-state index in [1.54, 1.807) is 12.1 Å². The number of nitrogens with one attached hydrogen (secondary N) is 1. The summed E-state index contributed by atoms with van der Waals surface area (Å²) in [6.07, 6.45) is 2.59. The van der Waals surface area contributed by atoms with E-state index < -0.39 is 16.1 Å². The van der Waals surface area contributed by atoms with E-state index in [4.69, 9.17) is 16.3 Å². The Morgan fingerprint density at radius 1 is 1.17 bits per heavy atom. The number of benzene rings is 2. The van der Waals surface area contributed by atoms with Gasteiger partial charge in [-0.1, -0.05) is 23.7 Å². The molecular formula is C21H24ClN3O4S. The summed E-state index contributed by atoms with van der Waals surface area (Å²) in [6, 6.07) is 12.8. The van der Waals surface area contributed by atoms with Crippen LogP contribution in [0, 0.1) is 0 Å². The fourth-order valence-corrected chi connectivity index (χ4v) is 4.85. The van der Waals surface area contributed by atoms with Crippen LogP contribution in [0.1, 0.15) is 18.4 Å². The number of rotatable bonds is 5. The molecule has 0 saturated carbocycles. The van der Waals surface area contributed by atoms with Gasteiger partial charge >= 0.3 is 0 Å². The first kappa shape index (κ1) is 20.8. The zero-order valence-electron chi connectivity index (χ0n) is 16.7. The average molecular weight is 450 g/mol. The molecule has 7 nitrogen and oxygen atoms in total. The Kier molecular flexibility index (Phi) is 5.79. The Bertz CT molecular complexity index is 1040. The molecule has 4 rings (SSSR count). The van der Waals surface area contributed by atoms with Crippen molar-refractivity contribution in [2.75, 3.05) is 35.1 Å². The number of hydrogen-bond donors (Lipinski definition) is 1. The van der Waals surface area contributed by atoms with Gasteiger partial charge in [0.1, 0.15) is 5.75 Å². The Morgan fingerprint density at radius 3 is 2.53 bits per heavy atom. The van der Waals surface area contributed by atoms with Crippen LogP contribution in [0.2, 0.25) is 5.02 Å². The molecule has 1 amide bonds. The number of carbonyl (C=O) groups is 1. The van der Waals surface area contributed by atoms with Crippen LogP contribution in [0.3, 0.4) is 0 Å². The summed E-state index contributed by atoms with van der Waals surface area (Å²) in [5.41, 5.74) is 2.50. The number of sulfonamides is 1. The van der Waals surface area contributed by atoms with Crippen molar-refractivity contribution in [1.82, 2.24) is 5.32 Å². The Labute approximate surface area is 181 Å². The van der Waals surface area contributed by atoms with Crippen LogP contribution in [0.5, 0.6) is 5.75 Å². The van der Waals surface area contributed by atoms with Crippen LogP contribution in [0.4, 0.5) is 11.4 Å². The molecule has 0 bridgehead atoms. The Balaban J connectivity index is 1.42. The maximum Gasteiger partial charge on any atom is 0.263 e. The van der Waals surface area contributed by atoms with Crippen molar-refractivity contribution in [3.8, 4) is 5.75 Å². The van der Waals surface area contributed by atoms with Crippen molar-refractivity contribution in [3.63, 3.8) is 0 Å². The number of ether oxygens (including phenoxy) is 1. The third kappa shape index (κ3) is 4.49. The zero-order chi connectivity index (χ0) is 21.3. The van der Waals surface area contributed by atoms with Crippen LogP contribution >= 0.6 is 11.6 Å². The molecule has 2 heterocycles. The second kappa shape index (κ2) is 8.35. The number of amides is 1. The van der Waals surface area contributed by atoms with Gasteiger partial charge < -0.3 is 15.0 Å². The summed E-state index contributed by atoms with van der Waals surface area (Å²) in [4.78, 5) is 15.1. The molecule has 2 aliphatic rings. The van der Waals surface area contributed by atoms with Crippen molar-refractivity contribution in [3.05, 3.63) is 53.1 Å². The molecule has 0 spiro atoms. The molecule has 0 radical (unpaired) electrons. The lowest BCUT2D eigenvalue weighted by molar-refractivity contribution is -0.127. The SMILES string of the molecule is CS(=O)(=O)N1C[C@H](C(=O)NCc2ccc(N3CCCC3)cc2)Oc2ccc(Cl)cc21. The molecule has 2 aromatic rings. The molecular weight excluding hydrogens is 426 g/mol. The van der Waals surface area contributed by atoms with E-state index in [1.165, 1.54) is 24.6 Å². The number of anilines is 2. The maximum absolute atomic E-state index is 12.7. The molecule has 1 atom stereocenters. The lowest BCUT2D eigenvalue weighted by Gasteiger charge is -2.34. The van der Waals surface area contributed by atoms with Crippen LogP contribution in [0.15, 0.2) is 42.5 Å². The van der Waals surface area contributed by atoms with E-state index in [2.05, 4.69) is 22.3 Å². The number of nitrogens with zero attached hydrogens (tertiary/aromatic N) is 2. The van der Waals surface area contributed by atoms with E-state index in [-0.39, 0.29) is 12.5 Å². The Morgan fingerprint density at radius 2 is 1.87 bits per heavy atom. The summed E-state index contributed by atoms with van der Waals surface area (Å²) >= 11 is 6.00. The molecule has 30 heavy (non-hydrogen) atoms. The highest BCUT2D eigenvalue weighted by atomic mass is 35.5. The summed E-state index contributed by atoms with van der Waals surface area (Å²) in [5, 5.41) is 3.24. The number of halogens is 1. The predicted octanol–water partition coefficient (Wildman–Crippen LogP) is 2.78. The highest BCUT2D eigenvalue weighted by molar-refractivity contribution is 7.92. The van der Waals surface area contributed by atoms with Crippen LogP contribution < -0.4 is 19.3 Å². The number of hydrogen-bond acceptors (Lipinski definition) is 5. The molecule has 0 unspecified atom stereocenters. The average Bonchev–Trinajstić information content (AvgIpc) is 3.25. The lowest BCUT2D eigenvalue weighted by atomic mass is 10.2. The minimum absolute atomic E-state index is 0.105. The minimum atomic E-state index is -3.59. The van der Waals surface area contributed by atoms with Crippen LogP contribution in [0.25, 0.3) is 0 Å². The quantitative estimate of drug-likeness (QED) is 0.759. The molecule has 160 valence electrons. The second-order valence-corrected chi connectivity index (χ2v) is 9.93. The van der Waals surface area contributed by atoms with E-state index in [1.807, 2.05) is 12.1 Å². The molecule has 1 N–H and O–H groups in total. The number of carbonyl (C=O) groups excluding carboxylic acids is 1.